The summed E-state index contributed by atoms with van der Waals surface area (Å²) in [5, 5.41) is 8.91. The molecular weight excluding hydrogens is 645 g/mol. The molecule has 48 heavy (non-hydrogen) atoms. The molecule has 4 aromatic rings. The lowest BCUT2D eigenvalue weighted by atomic mass is 9.82. The predicted molar refractivity (Wildman–Crippen MR) is 161 cm³/mol. The lowest BCUT2D eigenvalue weighted by Gasteiger charge is -2.38. The summed E-state index contributed by atoms with van der Waals surface area (Å²) in [5.41, 5.74) is -0.614. The largest absolute Gasteiger partial charge is 0.573 e. The number of anilines is 1. The number of nitrogens with one attached hydrogen (secondary N) is 3. The summed E-state index contributed by atoms with van der Waals surface area (Å²) in [7, 11) is 0. The lowest BCUT2D eigenvalue weighted by Crippen LogP contribution is -2.63. The topological polar surface area (TPSA) is 92.4 Å². The Morgan fingerprint density at radius 1 is 0.875 bits per heavy atom. The highest BCUT2D eigenvalue weighted by Crippen LogP contribution is 2.32. The van der Waals surface area contributed by atoms with E-state index < -0.39 is 58.5 Å². The minimum Gasteiger partial charge on any atom is -0.406 e. The van der Waals surface area contributed by atoms with Crippen LogP contribution in [0.3, 0.4) is 0 Å². The highest BCUT2D eigenvalue weighted by atomic mass is 19.4. The van der Waals surface area contributed by atoms with Crippen molar-refractivity contribution >= 4 is 17.4 Å². The van der Waals surface area contributed by atoms with Crippen molar-refractivity contribution in [1.29, 1.82) is 0 Å². The standard InChI is InChI=1S/C34H29F7N4O3/c35-23-5-1-20(2-6-23)28(22-13-24(36)15-25(37)14-22)16-31(46)45-30-18-43-17-29(38)27(30)9-10-33(19-42-11-12-44-33)32(47)21-3-7-26(8-4-21)48-34(39,40)41/h1-8,13-15,17-18,28,42,44H,9-12,16,19H2,(H,45,46)/t28-,33-/m0/s1. The first-order valence-electron chi connectivity index (χ1n) is 14.8. The first kappa shape index (κ1) is 34.5. The van der Waals surface area contributed by atoms with Crippen LogP contribution in [0.4, 0.5) is 36.4 Å². The van der Waals surface area contributed by atoms with Crippen LogP contribution in [0.15, 0.2) is 79.1 Å². The number of benzene rings is 3. The van der Waals surface area contributed by atoms with Crippen molar-refractivity contribution in [3.05, 3.63) is 125 Å². The first-order valence-corrected chi connectivity index (χ1v) is 14.8. The molecule has 7 nitrogen and oxygen atoms in total. The van der Waals surface area contributed by atoms with E-state index in [1.54, 1.807) is 0 Å². The number of carbonyl (C=O) groups excluding carboxylic acids is 2. The van der Waals surface area contributed by atoms with Gasteiger partial charge in [-0.05, 0) is 72.5 Å². The quantitative estimate of drug-likeness (QED) is 0.125. The average Bonchev–Trinajstić information content (AvgIpc) is 3.03. The third-order valence-electron chi connectivity index (χ3n) is 8.01. The van der Waals surface area contributed by atoms with Crippen molar-refractivity contribution in [1.82, 2.24) is 15.6 Å². The molecule has 1 aromatic heterocycles. The van der Waals surface area contributed by atoms with Gasteiger partial charge in [-0.3, -0.25) is 14.6 Å². The number of piperazine rings is 1. The number of carbonyl (C=O) groups is 2. The molecule has 0 spiro atoms. The average molecular weight is 675 g/mol. The summed E-state index contributed by atoms with van der Waals surface area (Å²) >= 11 is 0. The van der Waals surface area contributed by atoms with Crippen LogP contribution in [0.2, 0.25) is 0 Å². The zero-order valence-electron chi connectivity index (χ0n) is 25.1. The number of amides is 1. The van der Waals surface area contributed by atoms with Gasteiger partial charge >= 0.3 is 6.36 Å². The van der Waals surface area contributed by atoms with E-state index >= 15 is 4.39 Å². The number of alkyl halides is 3. The van der Waals surface area contributed by atoms with Crippen molar-refractivity contribution in [2.24, 2.45) is 0 Å². The highest BCUT2D eigenvalue weighted by molar-refractivity contribution is 6.03. The maximum absolute atomic E-state index is 15.2. The summed E-state index contributed by atoms with van der Waals surface area (Å²) in [4.78, 5) is 30.9. The molecule has 0 radical (unpaired) electrons. The number of halogens is 7. The molecule has 3 N–H and O–H groups in total. The highest BCUT2D eigenvalue weighted by Gasteiger charge is 2.40. The monoisotopic (exact) mass is 674 g/mol. The number of aromatic nitrogens is 1. The van der Waals surface area contributed by atoms with Crippen LogP contribution in [0.25, 0.3) is 0 Å². The summed E-state index contributed by atoms with van der Waals surface area (Å²) in [6.45, 7) is 1.03. The number of nitrogens with zero attached hydrogens (tertiary/aromatic N) is 1. The summed E-state index contributed by atoms with van der Waals surface area (Å²) in [6, 6.07) is 12.4. The van der Waals surface area contributed by atoms with Gasteiger partial charge in [0.05, 0.1) is 23.6 Å². The Morgan fingerprint density at radius 2 is 1.56 bits per heavy atom. The predicted octanol–water partition coefficient (Wildman–Crippen LogP) is 6.44. The summed E-state index contributed by atoms with van der Waals surface area (Å²) in [6.07, 6.45) is -3.14. The molecule has 0 bridgehead atoms. The molecule has 1 aliphatic rings. The van der Waals surface area contributed by atoms with E-state index in [0.717, 1.165) is 42.6 Å². The van der Waals surface area contributed by atoms with Crippen molar-refractivity contribution in [3.63, 3.8) is 0 Å². The molecule has 252 valence electrons. The van der Waals surface area contributed by atoms with E-state index in [1.165, 1.54) is 30.5 Å². The fraction of sp³-hybridized carbons (Fsp3) is 0.265. The van der Waals surface area contributed by atoms with Crippen LogP contribution in [0, 0.1) is 23.3 Å². The van der Waals surface area contributed by atoms with Gasteiger partial charge in [0.2, 0.25) is 5.91 Å². The summed E-state index contributed by atoms with van der Waals surface area (Å²) < 4.78 is 98.9. The van der Waals surface area contributed by atoms with Gasteiger partial charge in [0.1, 0.15) is 29.0 Å². The number of pyridine rings is 1. The van der Waals surface area contributed by atoms with Crippen LogP contribution in [-0.2, 0) is 11.2 Å². The third-order valence-corrected chi connectivity index (χ3v) is 8.01. The fourth-order valence-corrected chi connectivity index (χ4v) is 5.74. The second-order valence-corrected chi connectivity index (χ2v) is 11.3. The zero-order chi connectivity index (χ0) is 34.5. The van der Waals surface area contributed by atoms with E-state index in [9.17, 15) is 35.9 Å². The van der Waals surface area contributed by atoms with Crippen molar-refractivity contribution in [2.45, 2.75) is 37.1 Å². The van der Waals surface area contributed by atoms with Crippen LogP contribution >= 0.6 is 0 Å². The number of Topliss-reactive ketones (excluding diaryl/α,β-unsaturated/α-hetero) is 1. The molecule has 3 aromatic carbocycles. The minimum absolute atomic E-state index is 0.00305. The number of hydrogen-bond acceptors (Lipinski definition) is 6. The van der Waals surface area contributed by atoms with Gasteiger partial charge in [0.15, 0.2) is 5.78 Å². The normalized spacial score (nSPS) is 17.1. The van der Waals surface area contributed by atoms with E-state index in [4.69, 9.17) is 0 Å². The number of rotatable bonds is 11. The van der Waals surface area contributed by atoms with Crippen LogP contribution in [0.5, 0.6) is 5.75 Å². The molecule has 0 saturated carbocycles. The third kappa shape index (κ3) is 8.55. The first-order chi connectivity index (χ1) is 22.8. The van der Waals surface area contributed by atoms with E-state index in [-0.39, 0.29) is 48.2 Å². The second-order valence-electron chi connectivity index (χ2n) is 11.3. The van der Waals surface area contributed by atoms with Gasteiger partial charge in [-0.2, -0.15) is 0 Å². The van der Waals surface area contributed by atoms with E-state index in [1.807, 2.05) is 0 Å². The molecule has 1 amide bonds. The Hall–Kier alpha value is -4.82. The maximum Gasteiger partial charge on any atom is 0.573 e. The van der Waals surface area contributed by atoms with Gasteiger partial charge < -0.3 is 20.7 Å². The summed E-state index contributed by atoms with van der Waals surface area (Å²) in [5.74, 6) is -5.55. The molecule has 0 unspecified atom stereocenters. The van der Waals surface area contributed by atoms with Crippen LogP contribution in [-0.4, -0.2) is 48.2 Å². The molecule has 5 rings (SSSR count). The number of ether oxygens (including phenoxy) is 1. The molecule has 14 heteroatoms. The molecule has 2 atom stereocenters. The van der Waals surface area contributed by atoms with Gasteiger partial charge in [0.25, 0.3) is 0 Å². The number of hydrogen-bond donors (Lipinski definition) is 3. The Bertz CT molecular complexity index is 1740. The van der Waals surface area contributed by atoms with Crippen molar-refractivity contribution in [3.8, 4) is 5.75 Å². The van der Waals surface area contributed by atoms with Crippen molar-refractivity contribution < 1.29 is 45.1 Å². The smallest absolute Gasteiger partial charge is 0.406 e. The maximum atomic E-state index is 15.2. The molecule has 1 fully saturated rings. The molecule has 1 aliphatic heterocycles. The van der Waals surface area contributed by atoms with E-state index in [2.05, 4.69) is 25.7 Å². The van der Waals surface area contributed by atoms with Crippen LogP contribution < -0.4 is 20.7 Å². The van der Waals surface area contributed by atoms with Crippen molar-refractivity contribution in [2.75, 3.05) is 25.0 Å². The zero-order valence-corrected chi connectivity index (χ0v) is 25.1. The Balaban J connectivity index is 1.36. The van der Waals surface area contributed by atoms with Gasteiger partial charge in [-0.25, -0.2) is 17.6 Å². The Kier molecular flexibility index (Phi) is 10.4. The van der Waals surface area contributed by atoms with Crippen LogP contribution in [0.1, 0.15) is 45.8 Å². The second kappa shape index (κ2) is 14.5. The lowest BCUT2D eigenvalue weighted by molar-refractivity contribution is -0.274. The van der Waals surface area contributed by atoms with Gasteiger partial charge in [-0.1, -0.05) is 12.1 Å². The Morgan fingerprint density at radius 3 is 2.19 bits per heavy atom. The fourth-order valence-electron chi connectivity index (χ4n) is 5.74. The van der Waals surface area contributed by atoms with E-state index in [0.29, 0.717) is 24.7 Å². The Labute approximate surface area is 270 Å². The minimum atomic E-state index is -4.90. The SMILES string of the molecule is O=C(C[C@@H](c1ccc(F)cc1)c1cc(F)cc(F)c1)Nc1cncc(F)c1CC[C@@]1(C(=O)c2ccc(OC(F)(F)F)cc2)CNCCN1. The molecule has 1 saturated heterocycles. The van der Waals surface area contributed by atoms with Gasteiger partial charge in [0, 0.05) is 49.2 Å². The van der Waals surface area contributed by atoms with Gasteiger partial charge in [-0.15, -0.1) is 13.2 Å². The molecular formula is C34H29F7N4O3. The number of ketones is 1. The molecule has 0 aliphatic carbocycles. The molecule has 2 heterocycles.